The molecular weight excluding hydrogens is 377 g/mol. The second kappa shape index (κ2) is 9.07. The van der Waals surface area contributed by atoms with E-state index in [1.165, 1.54) is 7.11 Å². The minimum absolute atomic E-state index is 0. The van der Waals surface area contributed by atoms with Gasteiger partial charge in [-0.25, -0.2) is 0 Å². The Balaban J connectivity index is 0.00000243. The van der Waals surface area contributed by atoms with Gasteiger partial charge in [-0.1, -0.05) is 23.7 Å². The fraction of sp³-hybridized carbons (Fsp3) is 0.579. The number of rotatable bonds is 5. The Labute approximate surface area is 165 Å². The molecule has 4 atom stereocenters. The Kier molecular flexibility index (Phi) is 7.33. The summed E-state index contributed by atoms with van der Waals surface area (Å²) in [7, 11) is 1.43. The van der Waals surface area contributed by atoms with Crippen LogP contribution >= 0.6 is 24.0 Å². The van der Waals surface area contributed by atoms with Gasteiger partial charge in [0.2, 0.25) is 0 Å². The number of halogens is 2. The van der Waals surface area contributed by atoms with Gasteiger partial charge in [0.15, 0.2) is 0 Å². The lowest BCUT2D eigenvalue weighted by atomic mass is 9.76. The van der Waals surface area contributed by atoms with Crippen molar-refractivity contribution in [1.82, 2.24) is 4.90 Å². The van der Waals surface area contributed by atoms with E-state index in [-0.39, 0.29) is 54.8 Å². The number of ether oxygens (including phenoxy) is 2. The monoisotopic (exact) mass is 401 g/mol. The lowest BCUT2D eigenvalue weighted by Crippen LogP contribution is -2.52. The zero-order chi connectivity index (χ0) is 18.0. The van der Waals surface area contributed by atoms with Crippen LogP contribution in [0.1, 0.15) is 37.7 Å². The summed E-state index contributed by atoms with van der Waals surface area (Å²) in [5, 5.41) is 0.682. The number of nitrogens with zero attached hydrogens (tertiary/aromatic N) is 1. The van der Waals surface area contributed by atoms with Gasteiger partial charge in [0.25, 0.3) is 0 Å². The first kappa shape index (κ1) is 21.0. The van der Waals surface area contributed by atoms with Gasteiger partial charge in [-0.05, 0) is 43.9 Å². The number of fused-ring (bicyclic) bond motifs is 2. The molecule has 2 saturated heterocycles. The van der Waals surface area contributed by atoms with Gasteiger partial charge < -0.3 is 9.47 Å². The number of piperidine rings is 1. The third-order valence-corrected chi connectivity index (χ3v) is 5.71. The fourth-order valence-corrected chi connectivity index (χ4v) is 4.55. The number of carbonyl (C=O) groups excluding carboxylic acids is 2. The lowest BCUT2D eigenvalue weighted by molar-refractivity contribution is -0.154. The maximum atomic E-state index is 12.6. The number of hydrogen-bond donors (Lipinski definition) is 0. The molecule has 2 fully saturated rings. The van der Waals surface area contributed by atoms with Crippen molar-refractivity contribution in [2.75, 3.05) is 20.3 Å². The summed E-state index contributed by atoms with van der Waals surface area (Å²) in [5.74, 6) is -0.632. The van der Waals surface area contributed by atoms with E-state index in [0.29, 0.717) is 11.6 Å². The first-order chi connectivity index (χ1) is 12.0. The largest absolute Gasteiger partial charge is 0.469 e. The van der Waals surface area contributed by atoms with Crippen LogP contribution in [0.5, 0.6) is 0 Å². The topological polar surface area (TPSA) is 55.8 Å². The van der Waals surface area contributed by atoms with Crippen molar-refractivity contribution in [2.45, 2.75) is 44.2 Å². The van der Waals surface area contributed by atoms with E-state index in [1.807, 2.05) is 24.3 Å². The molecule has 2 unspecified atom stereocenters. The number of methoxy groups -OCH3 is 1. The second-order valence-corrected chi connectivity index (χ2v) is 7.16. The number of esters is 2. The molecule has 5 nitrogen and oxygen atoms in total. The van der Waals surface area contributed by atoms with Crippen molar-refractivity contribution in [2.24, 2.45) is 5.92 Å². The SMILES string of the molecule is CCOC(=O)CN1C2CC[C@@H]1C[C@H](c1ccc(Cl)cc1)C2C(=O)OC.Cl. The van der Waals surface area contributed by atoms with Gasteiger partial charge in [-0.15, -0.1) is 12.4 Å². The molecule has 3 rings (SSSR count). The van der Waals surface area contributed by atoms with E-state index < -0.39 is 0 Å². The van der Waals surface area contributed by atoms with Crippen LogP contribution in [0.25, 0.3) is 0 Å². The van der Waals surface area contributed by atoms with E-state index in [4.69, 9.17) is 21.1 Å². The summed E-state index contributed by atoms with van der Waals surface area (Å²) in [6.07, 6.45) is 2.72. The van der Waals surface area contributed by atoms with Crippen molar-refractivity contribution in [3.63, 3.8) is 0 Å². The third kappa shape index (κ3) is 4.16. The summed E-state index contributed by atoms with van der Waals surface area (Å²) in [6.45, 7) is 2.41. The maximum Gasteiger partial charge on any atom is 0.320 e. The standard InChI is InChI=1S/C19H24ClNO4.ClH/c1-3-25-17(22)11-21-14-8-9-16(21)18(19(23)24-2)15(10-14)12-4-6-13(20)7-5-12;/h4-7,14-16,18H,3,8-11H2,1-2H3;1H/t14-,15-,16?,18?;/m1./s1. The van der Waals surface area contributed by atoms with E-state index in [1.54, 1.807) is 6.92 Å². The van der Waals surface area contributed by atoms with Crippen LogP contribution in [0.3, 0.4) is 0 Å². The summed E-state index contributed by atoms with van der Waals surface area (Å²) in [4.78, 5) is 26.7. The Morgan fingerprint density at radius 3 is 2.54 bits per heavy atom. The smallest absolute Gasteiger partial charge is 0.320 e. The van der Waals surface area contributed by atoms with E-state index in [2.05, 4.69) is 4.90 Å². The average Bonchev–Trinajstić information content (AvgIpc) is 2.86. The Hall–Kier alpha value is -1.30. The molecule has 0 amide bonds. The highest BCUT2D eigenvalue weighted by Crippen LogP contribution is 2.47. The summed E-state index contributed by atoms with van der Waals surface area (Å²) >= 11 is 6.01. The van der Waals surface area contributed by atoms with Crippen molar-refractivity contribution < 1.29 is 19.1 Å². The van der Waals surface area contributed by atoms with Gasteiger partial charge in [-0.2, -0.15) is 0 Å². The molecule has 2 aliphatic rings. The molecule has 144 valence electrons. The molecule has 0 radical (unpaired) electrons. The molecule has 0 N–H and O–H groups in total. The highest BCUT2D eigenvalue weighted by molar-refractivity contribution is 6.30. The van der Waals surface area contributed by atoms with Crippen LogP contribution in [0, 0.1) is 5.92 Å². The second-order valence-electron chi connectivity index (χ2n) is 6.72. The first-order valence-electron chi connectivity index (χ1n) is 8.79. The lowest BCUT2D eigenvalue weighted by Gasteiger charge is -2.43. The third-order valence-electron chi connectivity index (χ3n) is 5.45. The minimum atomic E-state index is -0.278. The van der Waals surface area contributed by atoms with Crippen molar-refractivity contribution in [1.29, 1.82) is 0 Å². The van der Waals surface area contributed by atoms with Crippen LogP contribution in [0.2, 0.25) is 5.02 Å². The zero-order valence-corrected chi connectivity index (χ0v) is 16.6. The highest BCUT2D eigenvalue weighted by Gasteiger charge is 2.51. The van der Waals surface area contributed by atoms with Crippen molar-refractivity contribution >= 4 is 35.9 Å². The highest BCUT2D eigenvalue weighted by atomic mass is 35.5. The molecule has 7 heteroatoms. The van der Waals surface area contributed by atoms with Crippen molar-refractivity contribution in [3.8, 4) is 0 Å². The van der Waals surface area contributed by atoms with Crippen molar-refractivity contribution in [3.05, 3.63) is 34.9 Å². The predicted molar refractivity (Wildman–Crippen MR) is 102 cm³/mol. The molecule has 0 aliphatic carbocycles. The number of hydrogen-bond acceptors (Lipinski definition) is 5. The number of carbonyl (C=O) groups is 2. The summed E-state index contributed by atoms with van der Waals surface area (Å²) < 4.78 is 10.2. The van der Waals surface area contributed by atoms with Crippen LogP contribution in [-0.4, -0.2) is 49.2 Å². The minimum Gasteiger partial charge on any atom is -0.469 e. The van der Waals surface area contributed by atoms with E-state index >= 15 is 0 Å². The van der Waals surface area contributed by atoms with Crippen LogP contribution in [-0.2, 0) is 19.1 Å². The van der Waals surface area contributed by atoms with E-state index in [9.17, 15) is 9.59 Å². The quantitative estimate of drug-likeness (QED) is 0.707. The van der Waals surface area contributed by atoms with Crippen LogP contribution < -0.4 is 0 Å². The molecule has 1 aromatic rings. The van der Waals surface area contributed by atoms with Gasteiger partial charge in [0.1, 0.15) is 0 Å². The molecule has 0 spiro atoms. The summed E-state index contributed by atoms with van der Waals surface area (Å²) in [5.41, 5.74) is 1.10. The molecule has 2 bridgehead atoms. The van der Waals surface area contributed by atoms with Gasteiger partial charge in [-0.3, -0.25) is 14.5 Å². The summed E-state index contributed by atoms with van der Waals surface area (Å²) in [6, 6.07) is 8.00. The maximum absolute atomic E-state index is 12.6. The predicted octanol–water partition coefficient (Wildman–Crippen LogP) is 3.43. The Morgan fingerprint density at radius 1 is 1.23 bits per heavy atom. The van der Waals surface area contributed by atoms with Gasteiger partial charge >= 0.3 is 11.9 Å². The van der Waals surface area contributed by atoms with E-state index in [0.717, 1.165) is 24.8 Å². The molecular formula is C19H25Cl2NO4. The normalized spacial score (nSPS) is 27.5. The van der Waals surface area contributed by atoms with Gasteiger partial charge in [0, 0.05) is 23.0 Å². The Morgan fingerprint density at radius 2 is 1.92 bits per heavy atom. The number of benzene rings is 1. The average molecular weight is 402 g/mol. The zero-order valence-electron chi connectivity index (χ0n) is 15.0. The molecule has 26 heavy (non-hydrogen) atoms. The molecule has 0 aromatic heterocycles. The molecule has 0 saturated carbocycles. The Bertz CT molecular complexity index is 637. The van der Waals surface area contributed by atoms with Gasteiger partial charge in [0.05, 0.1) is 26.2 Å². The first-order valence-corrected chi connectivity index (χ1v) is 9.17. The molecule has 2 heterocycles. The molecule has 1 aromatic carbocycles. The molecule has 2 aliphatic heterocycles. The van der Waals surface area contributed by atoms with Crippen LogP contribution in [0.4, 0.5) is 0 Å². The van der Waals surface area contributed by atoms with Crippen LogP contribution in [0.15, 0.2) is 24.3 Å². The fourth-order valence-electron chi connectivity index (χ4n) is 4.43.